The molecule has 0 aliphatic carbocycles. The lowest BCUT2D eigenvalue weighted by Gasteiger charge is -2.37. The van der Waals surface area contributed by atoms with Gasteiger partial charge in [-0.25, -0.2) is 5.84 Å². The molecule has 2 heterocycles. The molecule has 0 aromatic carbocycles. The van der Waals surface area contributed by atoms with Crippen LogP contribution >= 0.6 is 0 Å². The van der Waals surface area contributed by atoms with Crippen LogP contribution in [0, 0.1) is 12.3 Å². The molecule has 1 aliphatic rings. The molecule has 5 nitrogen and oxygen atoms in total. The maximum atomic E-state index is 11.5. The highest BCUT2D eigenvalue weighted by Crippen LogP contribution is 2.29. The average Bonchev–Trinajstić information content (AvgIpc) is 2.68. The van der Waals surface area contributed by atoms with E-state index in [1.165, 1.54) is 12.8 Å². The average molecular weight is 265 g/mol. The predicted molar refractivity (Wildman–Crippen MR) is 73.4 cm³/mol. The Bertz CT molecular complexity index is 465. The van der Waals surface area contributed by atoms with Crippen LogP contribution in [0.4, 0.5) is 0 Å². The zero-order valence-corrected chi connectivity index (χ0v) is 12.0. The van der Waals surface area contributed by atoms with E-state index in [1.54, 1.807) is 0 Å². The summed E-state index contributed by atoms with van der Waals surface area (Å²) in [6.07, 6.45) is 2.48. The monoisotopic (exact) mass is 265 g/mol. The number of furan rings is 1. The Morgan fingerprint density at radius 3 is 2.95 bits per heavy atom. The Labute approximate surface area is 114 Å². The summed E-state index contributed by atoms with van der Waals surface area (Å²) in [6, 6.07) is 1.92. The van der Waals surface area contributed by atoms with Crippen molar-refractivity contribution in [3.05, 3.63) is 23.2 Å². The van der Waals surface area contributed by atoms with Gasteiger partial charge in [0.15, 0.2) is 5.76 Å². The van der Waals surface area contributed by atoms with Gasteiger partial charge in [-0.05, 0) is 37.8 Å². The Morgan fingerprint density at radius 2 is 2.32 bits per heavy atom. The summed E-state index contributed by atoms with van der Waals surface area (Å²) >= 11 is 0. The fraction of sp³-hybridized carbons (Fsp3) is 0.643. The van der Waals surface area contributed by atoms with Gasteiger partial charge < -0.3 is 4.42 Å². The zero-order chi connectivity index (χ0) is 14.0. The molecule has 1 aromatic heterocycles. The number of nitrogen functional groups attached to an aromatic ring is 1. The summed E-state index contributed by atoms with van der Waals surface area (Å²) in [4.78, 5) is 13.9. The molecule has 0 unspecified atom stereocenters. The van der Waals surface area contributed by atoms with Crippen molar-refractivity contribution in [2.45, 2.75) is 40.2 Å². The van der Waals surface area contributed by atoms with Crippen molar-refractivity contribution in [2.75, 3.05) is 13.1 Å². The summed E-state index contributed by atoms with van der Waals surface area (Å²) in [5, 5.41) is 0. The van der Waals surface area contributed by atoms with Crippen molar-refractivity contribution in [1.82, 2.24) is 10.3 Å². The van der Waals surface area contributed by atoms with E-state index in [-0.39, 0.29) is 5.91 Å². The van der Waals surface area contributed by atoms with Gasteiger partial charge in [-0.1, -0.05) is 13.8 Å². The van der Waals surface area contributed by atoms with Crippen LogP contribution in [0.2, 0.25) is 0 Å². The maximum Gasteiger partial charge on any atom is 0.301 e. The molecular formula is C14H23N3O2. The van der Waals surface area contributed by atoms with Gasteiger partial charge in [-0.3, -0.25) is 15.1 Å². The number of carbonyl (C=O) groups excluding carboxylic acids is 1. The van der Waals surface area contributed by atoms with Gasteiger partial charge in [0.1, 0.15) is 5.76 Å². The fourth-order valence-corrected chi connectivity index (χ4v) is 2.82. The van der Waals surface area contributed by atoms with E-state index in [2.05, 4.69) is 24.2 Å². The number of hydrazine groups is 1. The van der Waals surface area contributed by atoms with Crippen LogP contribution in [0.1, 0.15) is 48.6 Å². The number of carbonyl (C=O) groups is 1. The third kappa shape index (κ3) is 3.36. The van der Waals surface area contributed by atoms with E-state index in [4.69, 9.17) is 10.3 Å². The summed E-state index contributed by atoms with van der Waals surface area (Å²) in [6.45, 7) is 9.34. The lowest BCUT2D eigenvalue weighted by atomic mass is 9.84. The van der Waals surface area contributed by atoms with Crippen molar-refractivity contribution >= 4 is 5.91 Å². The first kappa shape index (κ1) is 14.1. The molecule has 0 bridgehead atoms. The molecule has 1 aromatic rings. The third-order valence-electron chi connectivity index (χ3n) is 3.67. The lowest BCUT2D eigenvalue weighted by Crippen LogP contribution is -2.39. The second-order valence-corrected chi connectivity index (χ2v) is 6.18. The summed E-state index contributed by atoms with van der Waals surface area (Å²) in [5.74, 6) is 5.90. The first-order valence-corrected chi connectivity index (χ1v) is 6.74. The first-order valence-electron chi connectivity index (χ1n) is 6.74. The molecule has 2 rings (SSSR count). The Kier molecular flexibility index (Phi) is 3.96. The van der Waals surface area contributed by atoms with Crippen molar-refractivity contribution in [1.29, 1.82) is 0 Å². The highest BCUT2D eigenvalue weighted by molar-refractivity contribution is 5.92. The number of aryl methyl sites for hydroxylation is 1. The van der Waals surface area contributed by atoms with Crippen molar-refractivity contribution in [2.24, 2.45) is 11.3 Å². The predicted octanol–water partition coefficient (Wildman–Crippen LogP) is 1.81. The molecule has 0 spiro atoms. The molecule has 1 aliphatic heterocycles. The number of hydrogen-bond acceptors (Lipinski definition) is 4. The lowest BCUT2D eigenvalue weighted by molar-refractivity contribution is 0.0904. The quantitative estimate of drug-likeness (QED) is 0.497. The van der Waals surface area contributed by atoms with Crippen LogP contribution in [-0.4, -0.2) is 23.9 Å². The maximum absolute atomic E-state index is 11.5. The van der Waals surface area contributed by atoms with Gasteiger partial charge in [-0.15, -0.1) is 0 Å². The van der Waals surface area contributed by atoms with E-state index >= 15 is 0 Å². The summed E-state index contributed by atoms with van der Waals surface area (Å²) in [7, 11) is 0. The van der Waals surface area contributed by atoms with Crippen molar-refractivity contribution < 1.29 is 9.21 Å². The minimum atomic E-state index is -0.372. The number of likely N-dealkylation sites (tertiary alicyclic amines) is 1. The molecule has 106 valence electrons. The van der Waals surface area contributed by atoms with Gasteiger partial charge >= 0.3 is 5.91 Å². The number of piperidine rings is 1. The SMILES string of the molecule is Cc1cc(CN2CCCC(C)(C)C2)oc1C(=O)NN. The van der Waals surface area contributed by atoms with Crippen LogP contribution in [0.3, 0.4) is 0 Å². The molecule has 1 fully saturated rings. The number of hydrogen-bond donors (Lipinski definition) is 2. The second kappa shape index (κ2) is 5.35. The normalized spacial score (nSPS) is 19.4. The van der Waals surface area contributed by atoms with E-state index in [9.17, 15) is 4.79 Å². The van der Waals surface area contributed by atoms with Crippen LogP contribution in [0.15, 0.2) is 10.5 Å². The number of rotatable bonds is 3. The Balaban J connectivity index is 2.05. The first-order chi connectivity index (χ1) is 8.91. The topological polar surface area (TPSA) is 71.5 Å². The molecule has 1 saturated heterocycles. The molecular weight excluding hydrogens is 242 g/mol. The highest BCUT2D eigenvalue weighted by Gasteiger charge is 2.27. The van der Waals surface area contributed by atoms with Gasteiger partial charge in [-0.2, -0.15) is 0 Å². The smallest absolute Gasteiger partial charge is 0.301 e. The zero-order valence-electron chi connectivity index (χ0n) is 12.0. The number of nitrogens with zero attached hydrogens (tertiary/aromatic N) is 1. The second-order valence-electron chi connectivity index (χ2n) is 6.18. The third-order valence-corrected chi connectivity index (χ3v) is 3.67. The summed E-state index contributed by atoms with van der Waals surface area (Å²) < 4.78 is 5.60. The Morgan fingerprint density at radius 1 is 1.58 bits per heavy atom. The van der Waals surface area contributed by atoms with Gasteiger partial charge in [0.25, 0.3) is 0 Å². The van der Waals surface area contributed by atoms with Gasteiger partial charge in [0, 0.05) is 12.1 Å². The minimum Gasteiger partial charge on any atom is -0.454 e. The minimum absolute atomic E-state index is 0.314. The Hall–Kier alpha value is -1.33. The van der Waals surface area contributed by atoms with Crippen LogP contribution in [0.25, 0.3) is 0 Å². The van der Waals surface area contributed by atoms with Gasteiger partial charge in [0.2, 0.25) is 0 Å². The van der Waals surface area contributed by atoms with Crippen molar-refractivity contribution in [3.8, 4) is 0 Å². The van der Waals surface area contributed by atoms with Crippen LogP contribution < -0.4 is 11.3 Å². The van der Waals surface area contributed by atoms with Crippen LogP contribution in [-0.2, 0) is 6.54 Å². The standard InChI is InChI=1S/C14H23N3O2/c1-10-7-11(19-12(10)13(18)16-15)8-17-6-4-5-14(2,3)9-17/h7H,4-6,8-9,15H2,1-3H3,(H,16,18). The molecule has 0 atom stereocenters. The van der Waals surface area contributed by atoms with Crippen molar-refractivity contribution in [3.63, 3.8) is 0 Å². The number of amides is 1. The molecule has 5 heteroatoms. The molecule has 19 heavy (non-hydrogen) atoms. The molecule has 1 amide bonds. The van der Waals surface area contributed by atoms with E-state index in [0.29, 0.717) is 11.2 Å². The fourth-order valence-electron chi connectivity index (χ4n) is 2.82. The molecule has 0 radical (unpaired) electrons. The van der Waals surface area contributed by atoms with Gasteiger partial charge in [0.05, 0.1) is 6.54 Å². The molecule has 3 N–H and O–H groups in total. The highest BCUT2D eigenvalue weighted by atomic mass is 16.4. The number of nitrogens with two attached hydrogens (primary N) is 1. The van der Waals surface area contributed by atoms with E-state index in [1.807, 2.05) is 13.0 Å². The van der Waals surface area contributed by atoms with E-state index < -0.39 is 0 Å². The number of nitrogens with one attached hydrogen (secondary N) is 1. The summed E-state index contributed by atoms with van der Waals surface area (Å²) in [5.41, 5.74) is 3.29. The van der Waals surface area contributed by atoms with E-state index in [0.717, 1.165) is 31.0 Å². The van der Waals surface area contributed by atoms with Crippen LogP contribution in [0.5, 0.6) is 0 Å². The largest absolute Gasteiger partial charge is 0.454 e. The molecule has 0 saturated carbocycles.